The lowest BCUT2D eigenvalue weighted by atomic mass is 9.97. The van der Waals surface area contributed by atoms with E-state index in [0.717, 1.165) is 18.5 Å². The van der Waals surface area contributed by atoms with E-state index in [4.69, 9.17) is 0 Å². The van der Waals surface area contributed by atoms with E-state index >= 15 is 0 Å². The fourth-order valence-electron chi connectivity index (χ4n) is 3.82. The van der Waals surface area contributed by atoms with Gasteiger partial charge >= 0.3 is 0 Å². The first-order valence-electron chi connectivity index (χ1n) is 9.68. The van der Waals surface area contributed by atoms with Crippen molar-refractivity contribution in [3.8, 4) is 0 Å². The monoisotopic (exact) mass is 329 g/mol. The van der Waals surface area contributed by atoms with Crippen molar-refractivity contribution < 1.29 is 4.79 Å². The van der Waals surface area contributed by atoms with Crippen LogP contribution in [0, 0.1) is 12.8 Å². The maximum Gasteiger partial charge on any atom is 0.234 e. The Hall–Kier alpha value is -1.42. The first-order valence-corrected chi connectivity index (χ1v) is 9.68. The van der Waals surface area contributed by atoms with Crippen molar-refractivity contribution in [2.75, 3.05) is 6.54 Å². The molecule has 2 aliphatic rings. The van der Waals surface area contributed by atoms with Gasteiger partial charge in [0.25, 0.3) is 0 Å². The highest BCUT2D eigenvalue weighted by molar-refractivity contribution is 5.78. The van der Waals surface area contributed by atoms with Crippen LogP contribution in [0.5, 0.6) is 0 Å². The summed E-state index contributed by atoms with van der Waals surface area (Å²) in [4.78, 5) is 16.9. The predicted molar refractivity (Wildman–Crippen MR) is 96.7 cm³/mol. The van der Waals surface area contributed by atoms with E-state index in [1.165, 1.54) is 50.5 Å². The molecule has 0 aromatic carbocycles. The lowest BCUT2D eigenvalue weighted by molar-refractivity contribution is -0.121. The Bertz CT molecular complexity index is 533. The fourth-order valence-corrected chi connectivity index (χ4v) is 3.82. The number of aryl methyl sites for hydroxylation is 1. The van der Waals surface area contributed by atoms with E-state index in [-0.39, 0.29) is 11.9 Å². The minimum Gasteiger partial charge on any atom is -0.352 e. The molecule has 1 heterocycles. The molecule has 0 radical (unpaired) electrons. The highest BCUT2D eigenvalue weighted by Gasteiger charge is 2.34. The standard InChI is InChI=1S/C20H31N3O/c1-15-8-7-13-21-19(15)20(16-11-12-16)22-14-18(24)23-17-9-5-3-2-4-6-10-17/h7-8,13,16-17,20,22H,2-6,9-12,14H2,1H3,(H,23,24)/t20-/m1/s1. The molecule has 2 N–H and O–H groups in total. The van der Waals surface area contributed by atoms with Gasteiger partial charge in [0, 0.05) is 12.2 Å². The molecule has 2 fully saturated rings. The largest absolute Gasteiger partial charge is 0.352 e. The first kappa shape index (κ1) is 17.4. The zero-order valence-corrected chi connectivity index (χ0v) is 14.9. The van der Waals surface area contributed by atoms with Crippen molar-refractivity contribution >= 4 is 5.91 Å². The average molecular weight is 329 g/mol. The molecule has 0 unspecified atom stereocenters. The minimum atomic E-state index is 0.139. The Morgan fingerprint density at radius 3 is 2.54 bits per heavy atom. The second-order valence-electron chi connectivity index (χ2n) is 7.51. The summed E-state index contributed by atoms with van der Waals surface area (Å²) in [7, 11) is 0. The van der Waals surface area contributed by atoms with E-state index in [1.54, 1.807) is 0 Å². The number of amides is 1. The van der Waals surface area contributed by atoms with Crippen molar-refractivity contribution in [1.82, 2.24) is 15.6 Å². The Morgan fingerprint density at radius 2 is 1.88 bits per heavy atom. The molecule has 24 heavy (non-hydrogen) atoms. The van der Waals surface area contributed by atoms with Crippen molar-refractivity contribution in [2.24, 2.45) is 5.92 Å². The summed E-state index contributed by atoms with van der Waals surface area (Å²) in [5, 5.41) is 6.73. The third kappa shape index (κ3) is 5.04. The van der Waals surface area contributed by atoms with Gasteiger partial charge in [-0.1, -0.05) is 38.2 Å². The van der Waals surface area contributed by atoms with Gasteiger partial charge in [-0.3, -0.25) is 15.1 Å². The molecule has 4 nitrogen and oxygen atoms in total. The second-order valence-corrected chi connectivity index (χ2v) is 7.51. The number of nitrogens with zero attached hydrogens (tertiary/aromatic N) is 1. The van der Waals surface area contributed by atoms with E-state index < -0.39 is 0 Å². The van der Waals surface area contributed by atoms with E-state index in [2.05, 4.69) is 28.6 Å². The maximum atomic E-state index is 12.4. The molecule has 2 saturated carbocycles. The number of carbonyl (C=O) groups is 1. The molecular formula is C20H31N3O. The van der Waals surface area contributed by atoms with Gasteiger partial charge < -0.3 is 5.32 Å². The Kier molecular flexibility index (Phi) is 6.24. The summed E-state index contributed by atoms with van der Waals surface area (Å²) in [6.45, 7) is 2.50. The molecule has 1 aromatic heterocycles. The van der Waals surface area contributed by atoms with Gasteiger partial charge in [-0.25, -0.2) is 0 Å². The van der Waals surface area contributed by atoms with Crippen LogP contribution < -0.4 is 10.6 Å². The Morgan fingerprint density at radius 1 is 1.17 bits per heavy atom. The van der Waals surface area contributed by atoms with Gasteiger partial charge in [-0.15, -0.1) is 0 Å². The number of hydrogen-bond donors (Lipinski definition) is 2. The number of aromatic nitrogens is 1. The fraction of sp³-hybridized carbons (Fsp3) is 0.700. The van der Waals surface area contributed by atoms with Crippen LogP contribution in [0.1, 0.15) is 75.1 Å². The van der Waals surface area contributed by atoms with Crippen LogP contribution in [0.4, 0.5) is 0 Å². The maximum absolute atomic E-state index is 12.4. The van der Waals surface area contributed by atoms with Gasteiger partial charge in [0.05, 0.1) is 18.3 Å². The van der Waals surface area contributed by atoms with Gasteiger partial charge in [0.15, 0.2) is 0 Å². The molecule has 0 saturated heterocycles. The van der Waals surface area contributed by atoms with Crippen molar-refractivity contribution in [1.29, 1.82) is 0 Å². The normalized spacial score (nSPS) is 20.9. The van der Waals surface area contributed by atoms with Crippen LogP contribution in [0.2, 0.25) is 0 Å². The Labute approximate surface area is 145 Å². The highest BCUT2D eigenvalue weighted by Crippen LogP contribution is 2.41. The van der Waals surface area contributed by atoms with Gasteiger partial charge in [-0.05, 0) is 50.2 Å². The number of carbonyl (C=O) groups excluding carboxylic acids is 1. The number of nitrogens with one attached hydrogen (secondary N) is 2. The highest BCUT2D eigenvalue weighted by atomic mass is 16.2. The number of hydrogen-bond acceptors (Lipinski definition) is 3. The molecule has 4 heteroatoms. The summed E-state index contributed by atoms with van der Waals surface area (Å²) >= 11 is 0. The van der Waals surface area contributed by atoms with Crippen molar-refractivity contribution in [3.63, 3.8) is 0 Å². The summed E-state index contributed by atoms with van der Waals surface area (Å²) in [6.07, 6.45) is 13.1. The Balaban J connectivity index is 1.51. The molecule has 1 amide bonds. The second kappa shape index (κ2) is 8.61. The molecule has 3 rings (SSSR count). The third-order valence-electron chi connectivity index (χ3n) is 5.39. The van der Waals surface area contributed by atoms with Crippen LogP contribution in [-0.2, 0) is 4.79 Å². The van der Waals surface area contributed by atoms with Gasteiger partial charge in [0.1, 0.15) is 0 Å². The van der Waals surface area contributed by atoms with Crippen LogP contribution in [0.15, 0.2) is 18.3 Å². The minimum absolute atomic E-state index is 0.139. The SMILES string of the molecule is Cc1cccnc1[C@H](NCC(=O)NC1CCCCCCC1)C1CC1. The van der Waals surface area contributed by atoms with Gasteiger partial charge in [0.2, 0.25) is 5.91 Å². The summed E-state index contributed by atoms with van der Waals surface area (Å²) in [6, 6.07) is 4.67. The van der Waals surface area contributed by atoms with E-state index in [0.29, 0.717) is 18.5 Å². The molecule has 1 aromatic rings. The molecular weight excluding hydrogens is 298 g/mol. The van der Waals surface area contributed by atoms with Crippen LogP contribution in [-0.4, -0.2) is 23.5 Å². The summed E-state index contributed by atoms with van der Waals surface area (Å²) in [5.41, 5.74) is 2.32. The third-order valence-corrected chi connectivity index (χ3v) is 5.39. The van der Waals surface area contributed by atoms with Crippen LogP contribution in [0.25, 0.3) is 0 Å². The van der Waals surface area contributed by atoms with Crippen LogP contribution in [0.3, 0.4) is 0 Å². The summed E-state index contributed by atoms with van der Waals surface area (Å²) in [5.74, 6) is 0.771. The molecule has 2 aliphatic carbocycles. The molecule has 0 spiro atoms. The zero-order chi connectivity index (χ0) is 16.8. The summed E-state index contributed by atoms with van der Waals surface area (Å²) < 4.78 is 0. The topological polar surface area (TPSA) is 54.0 Å². The smallest absolute Gasteiger partial charge is 0.234 e. The van der Waals surface area contributed by atoms with Crippen molar-refractivity contribution in [3.05, 3.63) is 29.6 Å². The van der Waals surface area contributed by atoms with Crippen molar-refractivity contribution in [2.45, 2.75) is 76.8 Å². The van der Waals surface area contributed by atoms with E-state index in [9.17, 15) is 4.79 Å². The first-order chi connectivity index (χ1) is 11.7. The average Bonchev–Trinajstić information content (AvgIpc) is 3.36. The lowest BCUT2D eigenvalue weighted by Gasteiger charge is -2.23. The molecule has 1 atom stereocenters. The molecule has 0 aliphatic heterocycles. The van der Waals surface area contributed by atoms with Gasteiger partial charge in [-0.2, -0.15) is 0 Å². The van der Waals surface area contributed by atoms with E-state index in [1.807, 2.05) is 12.3 Å². The lowest BCUT2D eigenvalue weighted by Crippen LogP contribution is -2.42. The predicted octanol–water partition coefficient (Wildman–Crippen LogP) is 3.66. The molecule has 0 bridgehead atoms. The molecule has 132 valence electrons. The zero-order valence-electron chi connectivity index (χ0n) is 14.9. The number of pyridine rings is 1. The quantitative estimate of drug-likeness (QED) is 0.837. The number of rotatable bonds is 6. The van der Waals surface area contributed by atoms with Crippen LogP contribution >= 0.6 is 0 Å².